The Morgan fingerprint density at radius 2 is 2.29 bits per heavy atom. The number of non-ortho nitro benzene ring substituents is 1. The van der Waals surface area contributed by atoms with E-state index in [0.29, 0.717) is 11.4 Å². The Hall–Kier alpha value is -1.27. The van der Waals surface area contributed by atoms with Crippen LogP contribution in [-0.2, 0) is 10.5 Å². The van der Waals surface area contributed by atoms with Gasteiger partial charge in [-0.15, -0.1) is 0 Å². The molecule has 0 amide bonds. The van der Waals surface area contributed by atoms with Gasteiger partial charge in [0.05, 0.1) is 4.92 Å². The zero-order valence-corrected chi connectivity index (χ0v) is 10.5. The normalized spacial score (nSPS) is 10.4. The van der Waals surface area contributed by atoms with Crippen LogP contribution in [0.15, 0.2) is 18.2 Å². The fourth-order valence-electron chi connectivity index (χ4n) is 1.32. The molecule has 0 aliphatic carbocycles. The van der Waals surface area contributed by atoms with E-state index in [1.54, 1.807) is 31.0 Å². The summed E-state index contributed by atoms with van der Waals surface area (Å²) in [6, 6.07) is 4.55. The highest BCUT2D eigenvalue weighted by atomic mass is 32.2. The van der Waals surface area contributed by atoms with Gasteiger partial charge in [-0.3, -0.25) is 10.1 Å². The number of nitro groups is 1. The lowest BCUT2D eigenvalue weighted by molar-refractivity contribution is -0.384. The van der Waals surface area contributed by atoms with Gasteiger partial charge in [-0.2, -0.15) is 11.8 Å². The molecule has 0 aliphatic heterocycles. The Morgan fingerprint density at radius 1 is 1.53 bits per heavy atom. The predicted octanol–water partition coefficient (Wildman–Crippen LogP) is 2.45. The van der Waals surface area contributed by atoms with Gasteiger partial charge in [-0.25, -0.2) is 0 Å². The topological polar surface area (TPSA) is 78.4 Å². The molecule has 0 heterocycles. The number of ether oxygens (including phenoxy) is 1. The molecule has 0 radical (unpaired) electrons. The Labute approximate surface area is 104 Å². The van der Waals surface area contributed by atoms with E-state index in [0.717, 1.165) is 24.3 Å². The highest BCUT2D eigenvalue weighted by molar-refractivity contribution is 7.98. The molecule has 0 aliphatic rings. The van der Waals surface area contributed by atoms with Gasteiger partial charge in [-0.05, 0) is 23.8 Å². The Morgan fingerprint density at radius 3 is 2.94 bits per heavy atom. The van der Waals surface area contributed by atoms with Crippen molar-refractivity contribution in [3.63, 3.8) is 0 Å². The molecule has 94 valence electrons. The van der Waals surface area contributed by atoms with Crippen molar-refractivity contribution in [2.45, 2.75) is 12.2 Å². The van der Waals surface area contributed by atoms with E-state index >= 15 is 0 Å². The summed E-state index contributed by atoms with van der Waals surface area (Å²) >= 11 is 1.70. The molecule has 0 saturated carbocycles. The van der Waals surface area contributed by atoms with Crippen LogP contribution in [-0.4, -0.2) is 24.4 Å². The molecule has 2 N–H and O–H groups in total. The fraction of sp³-hybridized carbons (Fsp3) is 0.455. The molecule has 0 spiro atoms. The van der Waals surface area contributed by atoms with Crippen LogP contribution < -0.4 is 5.73 Å². The van der Waals surface area contributed by atoms with Crippen LogP contribution in [0.3, 0.4) is 0 Å². The van der Waals surface area contributed by atoms with Crippen LogP contribution in [0.2, 0.25) is 0 Å². The SMILES string of the molecule is COCCCSCc1cc([N+](=O)[O-])ccc1N. The van der Waals surface area contributed by atoms with Crippen LogP contribution in [0.25, 0.3) is 0 Å². The third kappa shape index (κ3) is 4.62. The number of rotatable bonds is 7. The second-order valence-electron chi connectivity index (χ2n) is 3.54. The molecule has 0 fully saturated rings. The van der Waals surface area contributed by atoms with Crippen LogP contribution in [0.4, 0.5) is 11.4 Å². The molecule has 5 nitrogen and oxygen atoms in total. The second kappa shape index (κ2) is 7.13. The zero-order chi connectivity index (χ0) is 12.7. The van der Waals surface area contributed by atoms with Gasteiger partial charge in [0.15, 0.2) is 0 Å². The van der Waals surface area contributed by atoms with Gasteiger partial charge in [0.1, 0.15) is 0 Å². The third-order valence-corrected chi connectivity index (χ3v) is 3.32. The number of thioether (sulfide) groups is 1. The lowest BCUT2D eigenvalue weighted by Gasteiger charge is -2.05. The third-order valence-electron chi connectivity index (χ3n) is 2.23. The highest BCUT2D eigenvalue weighted by Gasteiger charge is 2.08. The van der Waals surface area contributed by atoms with Gasteiger partial charge >= 0.3 is 0 Å². The van der Waals surface area contributed by atoms with E-state index in [4.69, 9.17) is 10.5 Å². The van der Waals surface area contributed by atoms with E-state index in [9.17, 15) is 10.1 Å². The van der Waals surface area contributed by atoms with E-state index in [2.05, 4.69) is 0 Å². The summed E-state index contributed by atoms with van der Waals surface area (Å²) in [7, 11) is 1.67. The maximum atomic E-state index is 10.6. The number of nitrogens with zero attached hydrogens (tertiary/aromatic N) is 1. The van der Waals surface area contributed by atoms with Gasteiger partial charge in [0.25, 0.3) is 5.69 Å². The number of nitrogens with two attached hydrogens (primary N) is 1. The smallest absolute Gasteiger partial charge is 0.269 e. The Kier molecular flexibility index (Phi) is 5.79. The van der Waals surface area contributed by atoms with E-state index in [1.807, 2.05) is 0 Å². The first-order chi connectivity index (χ1) is 8.15. The number of methoxy groups -OCH3 is 1. The molecule has 0 unspecified atom stereocenters. The largest absolute Gasteiger partial charge is 0.398 e. The molecule has 1 rings (SSSR count). The number of nitro benzene ring substituents is 1. The molecule has 1 aromatic rings. The fourth-order valence-corrected chi connectivity index (χ4v) is 2.25. The maximum Gasteiger partial charge on any atom is 0.269 e. The number of hydrogen-bond donors (Lipinski definition) is 1. The van der Waals surface area contributed by atoms with E-state index < -0.39 is 4.92 Å². The van der Waals surface area contributed by atoms with Crippen LogP contribution in [0.1, 0.15) is 12.0 Å². The molecule has 0 aromatic heterocycles. The van der Waals surface area contributed by atoms with Gasteiger partial charge in [-0.1, -0.05) is 0 Å². The van der Waals surface area contributed by atoms with E-state index in [1.165, 1.54) is 6.07 Å². The molecule has 17 heavy (non-hydrogen) atoms. The molecule has 0 bridgehead atoms. The van der Waals surface area contributed by atoms with Crippen molar-refractivity contribution in [3.05, 3.63) is 33.9 Å². The number of benzene rings is 1. The van der Waals surface area contributed by atoms with Gasteiger partial charge in [0.2, 0.25) is 0 Å². The highest BCUT2D eigenvalue weighted by Crippen LogP contribution is 2.24. The molecular formula is C11H16N2O3S. The van der Waals surface area contributed by atoms with Gasteiger partial charge < -0.3 is 10.5 Å². The zero-order valence-electron chi connectivity index (χ0n) is 9.72. The van der Waals surface area contributed by atoms with Crippen molar-refractivity contribution in [1.29, 1.82) is 0 Å². The first-order valence-electron chi connectivity index (χ1n) is 5.24. The molecule has 6 heteroatoms. The van der Waals surface area contributed by atoms with E-state index in [-0.39, 0.29) is 5.69 Å². The van der Waals surface area contributed by atoms with Crippen LogP contribution >= 0.6 is 11.8 Å². The Bertz CT molecular complexity index is 385. The van der Waals surface area contributed by atoms with Crippen molar-refractivity contribution in [3.8, 4) is 0 Å². The van der Waals surface area contributed by atoms with Crippen molar-refractivity contribution >= 4 is 23.1 Å². The van der Waals surface area contributed by atoms with Crippen molar-refractivity contribution in [1.82, 2.24) is 0 Å². The molecule has 0 atom stereocenters. The summed E-state index contributed by atoms with van der Waals surface area (Å²) in [5.74, 6) is 1.65. The summed E-state index contributed by atoms with van der Waals surface area (Å²) < 4.78 is 4.94. The minimum Gasteiger partial charge on any atom is -0.398 e. The minimum atomic E-state index is -0.404. The van der Waals surface area contributed by atoms with Crippen molar-refractivity contribution in [2.75, 3.05) is 25.2 Å². The summed E-state index contributed by atoms with van der Waals surface area (Å²) in [6.45, 7) is 0.734. The summed E-state index contributed by atoms with van der Waals surface area (Å²) in [4.78, 5) is 10.2. The summed E-state index contributed by atoms with van der Waals surface area (Å²) in [5, 5.41) is 10.6. The molecule has 0 saturated heterocycles. The molecular weight excluding hydrogens is 240 g/mol. The number of nitrogen functional groups attached to an aromatic ring is 1. The number of anilines is 1. The van der Waals surface area contributed by atoms with Gasteiger partial charge in [0, 0.05) is 37.3 Å². The van der Waals surface area contributed by atoms with Crippen LogP contribution in [0.5, 0.6) is 0 Å². The van der Waals surface area contributed by atoms with Crippen molar-refractivity contribution in [2.24, 2.45) is 0 Å². The first kappa shape index (κ1) is 13.8. The summed E-state index contributed by atoms with van der Waals surface area (Å²) in [6.07, 6.45) is 0.968. The molecule has 1 aromatic carbocycles. The maximum absolute atomic E-state index is 10.6. The summed E-state index contributed by atoms with van der Waals surface area (Å²) in [5.41, 5.74) is 7.29. The minimum absolute atomic E-state index is 0.0895. The quantitative estimate of drug-likeness (QED) is 0.351. The lowest BCUT2D eigenvalue weighted by Crippen LogP contribution is -1.97. The monoisotopic (exact) mass is 256 g/mol. The van der Waals surface area contributed by atoms with Crippen molar-refractivity contribution < 1.29 is 9.66 Å². The average Bonchev–Trinajstić information content (AvgIpc) is 2.30. The first-order valence-corrected chi connectivity index (χ1v) is 6.40. The average molecular weight is 256 g/mol. The lowest BCUT2D eigenvalue weighted by atomic mass is 10.2. The standard InChI is InChI=1S/C11H16N2O3S/c1-16-5-2-6-17-8-9-7-10(13(14)15)3-4-11(9)12/h3-4,7H,2,5-6,8,12H2,1H3. The van der Waals surface area contributed by atoms with Crippen LogP contribution in [0, 0.1) is 10.1 Å². The second-order valence-corrected chi connectivity index (χ2v) is 4.64. The number of hydrogen-bond acceptors (Lipinski definition) is 5. The predicted molar refractivity (Wildman–Crippen MR) is 70.2 cm³/mol. The Balaban J connectivity index is 2.51.